The van der Waals surface area contributed by atoms with Crippen molar-refractivity contribution in [3.05, 3.63) is 40.8 Å². The van der Waals surface area contributed by atoms with E-state index in [9.17, 15) is 9.59 Å². The molecule has 0 aliphatic carbocycles. The number of nitrogens with two attached hydrogens (primary N) is 1. The maximum Gasteiger partial charge on any atom is 0.305 e. The Morgan fingerprint density at radius 3 is 2.54 bits per heavy atom. The van der Waals surface area contributed by atoms with Crippen molar-refractivity contribution in [1.82, 2.24) is 24.8 Å². The van der Waals surface area contributed by atoms with Gasteiger partial charge in [0.2, 0.25) is 5.82 Å². The van der Waals surface area contributed by atoms with Crippen LogP contribution in [-0.4, -0.2) is 48.9 Å². The molecule has 0 radical (unpaired) electrons. The summed E-state index contributed by atoms with van der Waals surface area (Å²) in [6.45, 7) is -0.0493. The molecule has 10 nitrogen and oxygen atoms in total. The molecule has 28 heavy (non-hydrogen) atoms. The number of fused-ring (bicyclic) bond motifs is 1. The van der Waals surface area contributed by atoms with Crippen LogP contribution in [0, 0.1) is 5.41 Å². The third-order valence-corrected chi connectivity index (χ3v) is 4.22. The fourth-order valence-electron chi connectivity index (χ4n) is 2.55. The van der Waals surface area contributed by atoms with Crippen molar-refractivity contribution in [2.45, 2.75) is 6.42 Å². The Labute approximate surface area is 163 Å². The first-order valence-electron chi connectivity index (χ1n) is 8.12. The Hall–Kier alpha value is -3.53. The van der Waals surface area contributed by atoms with Gasteiger partial charge in [0.25, 0.3) is 5.91 Å². The molecule has 3 aromatic rings. The number of benzene rings is 1. The van der Waals surface area contributed by atoms with E-state index < -0.39 is 11.9 Å². The third-order valence-electron chi connectivity index (χ3n) is 3.96. The number of rotatable bonds is 6. The van der Waals surface area contributed by atoms with Crippen molar-refractivity contribution in [3.8, 4) is 11.4 Å². The number of carboxylic acids is 1. The van der Waals surface area contributed by atoms with Crippen LogP contribution in [0.3, 0.4) is 0 Å². The summed E-state index contributed by atoms with van der Waals surface area (Å²) in [7, 11) is 1.72. The van der Waals surface area contributed by atoms with Crippen LogP contribution in [0.1, 0.15) is 22.6 Å². The highest BCUT2D eigenvalue weighted by Gasteiger charge is 2.19. The Morgan fingerprint density at radius 2 is 1.93 bits per heavy atom. The molecule has 11 heteroatoms. The van der Waals surface area contributed by atoms with Crippen LogP contribution < -0.4 is 11.1 Å². The van der Waals surface area contributed by atoms with Gasteiger partial charge in [0.1, 0.15) is 17.2 Å². The van der Waals surface area contributed by atoms with Gasteiger partial charge in [0, 0.05) is 24.7 Å². The number of hydrogen-bond acceptors (Lipinski definition) is 6. The lowest BCUT2D eigenvalue weighted by Crippen LogP contribution is -2.27. The fourth-order valence-corrected chi connectivity index (χ4v) is 2.76. The zero-order valence-corrected chi connectivity index (χ0v) is 15.5. The van der Waals surface area contributed by atoms with Gasteiger partial charge in [-0.15, -0.1) is 0 Å². The SMILES string of the molecule is Cn1c(-c2ccc(C(=N)N)cc2)nc2c(Cl)nc(C(=O)NCCC(=O)O)nc21. The van der Waals surface area contributed by atoms with Crippen LogP contribution in [0.2, 0.25) is 5.15 Å². The molecule has 2 heterocycles. The highest BCUT2D eigenvalue weighted by Crippen LogP contribution is 2.26. The van der Waals surface area contributed by atoms with E-state index in [-0.39, 0.29) is 29.8 Å². The van der Waals surface area contributed by atoms with E-state index in [1.807, 2.05) is 0 Å². The molecule has 0 unspecified atom stereocenters. The summed E-state index contributed by atoms with van der Waals surface area (Å²) in [6.07, 6.45) is -0.214. The van der Waals surface area contributed by atoms with Crippen molar-refractivity contribution in [3.63, 3.8) is 0 Å². The molecule has 0 fully saturated rings. The Bertz CT molecular complexity index is 1090. The van der Waals surface area contributed by atoms with Gasteiger partial charge in [-0.25, -0.2) is 15.0 Å². The molecule has 0 saturated carbocycles. The number of carbonyl (C=O) groups excluding carboxylic acids is 1. The predicted octanol–water partition coefficient (Wildman–Crippen LogP) is 1.17. The molecular weight excluding hydrogens is 386 g/mol. The Morgan fingerprint density at radius 1 is 1.25 bits per heavy atom. The number of hydrogen-bond donors (Lipinski definition) is 4. The summed E-state index contributed by atoms with van der Waals surface area (Å²) in [4.78, 5) is 35.3. The highest BCUT2D eigenvalue weighted by atomic mass is 35.5. The zero-order chi connectivity index (χ0) is 20.4. The number of nitrogens with one attached hydrogen (secondary N) is 2. The minimum atomic E-state index is -1.03. The van der Waals surface area contributed by atoms with Gasteiger partial charge in [0.05, 0.1) is 6.42 Å². The Kier molecular flexibility index (Phi) is 5.23. The fraction of sp³-hybridized carbons (Fsp3) is 0.176. The molecule has 1 amide bonds. The maximum absolute atomic E-state index is 12.2. The van der Waals surface area contributed by atoms with E-state index in [1.165, 1.54) is 0 Å². The second-order valence-corrected chi connectivity index (χ2v) is 6.25. The number of amidine groups is 1. The first kappa shape index (κ1) is 19.2. The number of aliphatic carboxylic acids is 1. The van der Waals surface area contributed by atoms with E-state index in [1.54, 1.807) is 35.9 Å². The average Bonchev–Trinajstić information content (AvgIpc) is 2.99. The maximum atomic E-state index is 12.2. The molecule has 2 aromatic heterocycles. The summed E-state index contributed by atoms with van der Waals surface area (Å²) in [5.41, 5.74) is 7.48. The van der Waals surface area contributed by atoms with Crippen molar-refractivity contribution < 1.29 is 14.7 Å². The molecular formula is C17H16ClN7O3. The lowest BCUT2D eigenvalue weighted by atomic mass is 10.1. The van der Waals surface area contributed by atoms with E-state index >= 15 is 0 Å². The van der Waals surface area contributed by atoms with Crippen LogP contribution in [0.4, 0.5) is 0 Å². The standard InChI is InChI=1S/C17H16ClN7O3/c1-25-15(9-4-2-8(3-5-9)13(19)20)22-11-12(18)23-14(24-16(11)25)17(28)21-7-6-10(26)27/h2-5H,6-7H2,1H3,(H3,19,20)(H,21,28)(H,26,27). The van der Waals surface area contributed by atoms with Gasteiger partial charge in [-0.05, 0) is 0 Å². The molecule has 3 rings (SSSR count). The van der Waals surface area contributed by atoms with E-state index in [2.05, 4.69) is 20.3 Å². The van der Waals surface area contributed by atoms with Crippen LogP contribution in [0.25, 0.3) is 22.6 Å². The van der Waals surface area contributed by atoms with Gasteiger partial charge < -0.3 is 20.7 Å². The van der Waals surface area contributed by atoms with Crippen molar-refractivity contribution in [2.24, 2.45) is 12.8 Å². The number of amides is 1. The molecule has 0 atom stereocenters. The number of carbonyl (C=O) groups is 2. The van der Waals surface area contributed by atoms with Gasteiger partial charge in [-0.1, -0.05) is 35.9 Å². The highest BCUT2D eigenvalue weighted by molar-refractivity contribution is 6.33. The molecule has 5 N–H and O–H groups in total. The predicted molar refractivity (Wildman–Crippen MR) is 102 cm³/mol. The van der Waals surface area contributed by atoms with E-state index in [4.69, 9.17) is 27.9 Å². The number of aromatic nitrogens is 4. The summed E-state index contributed by atoms with van der Waals surface area (Å²) in [5.74, 6) is -1.32. The number of aryl methyl sites for hydroxylation is 1. The monoisotopic (exact) mass is 401 g/mol. The van der Waals surface area contributed by atoms with Crippen molar-refractivity contribution in [1.29, 1.82) is 5.41 Å². The largest absolute Gasteiger partial charge is 0.481 e. The first-order valence-corrected chi connectivity index (χ1v) is 8.50. The topological polar surface area (TPSA) is 160 Å². The number of nitrogen functional groups attached to an aromatic ring is 1. The number of nitrogens with zero attached hydrogens (tertiary/aromatic N) is 4. The lowest BCUT2D eigenvalue weighted by molar-refractivity contribution is -0.136. The molecule has 144 valence electrons. The molecule has 0 bridgehead atoms. The zero-order valence-electron chi connectivity index (χ0n) is 14.7. The normalized spacial score (nSPS) is 10.8. The van der Waals surface area contributed by atoms with Crippen LogP contribution in [0.15, 0.2) is 24.3 Å². The van der Waals surface area contributed by atoms with Crippen LogP contribution in [0.5, 0.6) is 0 Å². The number of carboxylic acid groups (broad SMARTS) is 1. The average molecular weight is 402 g/mol. The number of halogens is 1. The summed E-state index contributed by atoms with van der Waals surface area (Å²) >= 11 is 6.18. The van der Waals surface area contributed by atoms with Gasteiger partial charge in [0.15, 0.2) is 10.8 Å². The molecule has 0 aliphatic rings. The molecule has 1 aromatic carbocycles. The second-order valence-electron chi connectivity index (χ2n) is 5.90. The van der Waals surface area contributed by atoms with Crippen LogP contribution in [-0.2, 0) is 11.8 Å². The van der Waals surface area contributed by atoms with Crippen molar-refractivity contribution in [2.75, 3.05) is 6.54 Å². The van der Waals surface area contributed by atoms with Crippen molar-refractivity contribution >= 4 is 40.5 Å². The number of imidazole rings is 1. The third kappa shape index (κ3) is 3.76. The molecule has 0 spiro atoms. The summed E-state index contributed by atoms with van der Waals surface area (Å²) in [6, 6.07) is 6.93. The minimum Gasteiger partial charge on any atom is -0.481 e. The van der Waals surface area contributed by atoms with Gasteiger partial charge in [-0.3, -0.25) is 15.0 Å². The summed E-state index contributed by atoms with van der Waals surface area (Å²) in [5, 5.41) is 18.5. The minimum absolute atomic E-state index is 0.00981. The first-order chi connectivity index (χ1) is 13.3. The quantitative estimate of drug-likeness (QED) is 0.274. The Balaban J connectivity index is 1.96. The van der Waals surface area contributed by atoms with Gasteiger partial charge >= 0.3 is 5.97 Å². The second kappa shape index (κ2) is 7.61. The van der Waals surface area contributed by atoms with E-state index in [0.29, 0.717) is 22.6 Å². The smallest absolute Gasteiger partial charge is 0.305 e. The summed E-state index contributed by atoms with van der Waals surface area (Å²) < 4.78 is 1.67. The van der Waals surface area contributed by atoms with E-state index in [0.717, 1.165) is 5.56 Å². The van der Waals surface area contributed by atoms with Gasteiger partial charge in [-0.2, -0.15) is 0 Å². The molecule has 0 aliphatic heterocycles. The van der Waals surface area contributed by atoms with Crippen LogP contribution >= 0.6 is 11.6 Å². The lowest BCUT2D eigenvalue weighted by Gasteiger charge is -2.05. The molecule has 0 saturated heterocycles.